The zero-order valence-electron chi connectivity index (χ0n) is 12.6. The Labute approximate surface area is 123 Å². The van der Waals surface area contributed by atoms with Crippen molar-refractivity contribution in [1.82, 2.24) is 9.80 Å². The minimum absolute atomic E-state index is 0.136. The number of carbonyl (C=O) groups is 3. The summed E-state index contributed by atoms with van der Waals surface area (Å²) in [5.74, 6) is -1.57. The summed E-state index contributed by atoms with van der Waals surface area (Å²) in [6.45, 7) is 4.11. The highest BCUT2D eigenvalue weighted by molar-refractivity contribution is 5.86. The zero-order chi connectivity index (χ0) is 16.2. The largest absolute Gasteiger partial charge is 0.480 e. The van der Waals surface area contributed by atoms with Gasteiger partial charge in [0.25, 0.3) is 0 Å². The zero-order valence-corrected chi connectivity index (χ0v) is 12.6. The van der Waals surface area contributed by atoms with Crippen LogP contribution in [0.4, 0.5) is 4.79 Å². The van der Waals surface area contributed by atoms with Crippen molar-refractivity contribution in [3.8, 4) is 0 Å². The number of hydrogen-bond acceptors (Lipinski definition) is 4. The molecular weight excluding hydrogens is 278 g/mol. The number of rotatable bonds is 6. The minimum Gasteiger partial charge on any atom is -0.480 e. The second-order valence-corrected chi connectivity index (χ2v) is 5.62. The average Bonchev–Trinajstić information content (AvgIpc) is 2.80. The fourth-order valence-corrected chi connectivity index (χ4v) is 2.43. The second-order valence-electron chi connectivity index (χ2n) is 5.62. The molecule has 3 N–H and O–H groups in total. The van der Waals surface area contributed by atoms with E-state index in [2.05, 4.69) is 0 Å². The van der Waals surface area contributed by atoms with Crippen LogP contribution in [0.25, 0.3) is 0 Å². The molecule has 1 rings (SSSR count). The van der Waals surface area contributed by atoms with Gasteiger partial charge in [0.1, 0.15) is 12.6 Å². The maximum atomic E-state index is 12.5. The lowest BCUT2D eigenvalue weighted by molar-refractivity contribution is -0.141. The first-order valence-corrected chi connectivity index (χ1v) is 6.85. The maximum Gasteiger partial charge on any atom is 0.326 e. The highest BCUT2D eigenvalue weighted by atomic mass is 16.5. The molecule has 0 aromatic carbocycles. The van der Waals surface area contributed by atoms with Crippen LogP contribution in [0.5, 0.6) is 0 Å². The van der Waals surface area contributed by atoms with Crippen molar-refractivity contribution in [3.05, 3.63) is 0 Å². The number of likely N-dealkylation sites (tertiary alicyclic amines) is 1. The Bertz CT molecular complexity index is 413. The lowest BCUT2D eigenvalue weighted by atomic mass is 10.2. The van der Waals surface area contributed by atoms with E-state index in [0.29, 0.717) is 6.54 Å². The molecule has 0 aliphatic carbocycles. The molecule has 1 fully saturated rings. The highest BCUT2D eigenvalue weighted by Gasteiger charge is 2.41. The third-order valence-corrected chi connectivity index (χ3v) is 3.33. The van der Waals surface area contributed by atoms with E-state index >= 15 is 0 Å². The van der Waals surface area contributed by atoms with Crippen molar-refractivity contribution in [2.45, 2.75) is 32.4 Å². The van der Waals surface area contributed by atoms with Gasteiger partial charge in [-0.15, -0.1) is 0 Å². The molecule has 1 saturated heterocycles. The molecule has 1 heterocycles. The van der Waals surface area contributed by atoms with Gasteiger partial charge in [-0.1, -0.05) is 13.8 Å². The molecule has 0 bridgehead atoms. The number of carboxylic acid groups (broad SMARTS) is 1. The number of carboxylic acids is 1. The van der Waals surface area contributed by atoms with E-state index in [1.54, 1.807) is 0 Å². The van der Waals surface area contributed by atoms with Crippen molar-refractivity contribution < 1.29 is 24.2 Å². The number of amides is 3. The molecule has 1 aliphatic heterocycles. The topological polar surface area (TPSA) is 113 Å². The summed E-state index contributed by atoms with van der Waals surface area (Å²) in [5.41, 5.74) is 5.16. The first kappa shape index (κ1) is 17.2. The maximum absolute atomic E-state index is 12.5. The summed E-state index contributed by atoms with van der Waals surface area (Å²) >= 11 is 0. The van der Waals surface area contributed by atoms with E-state index in [4.69, 9.17) is 10.5 Å². The third kappa shape index (κ3) is 4.59. The van der Waals surface area contributed by atoms with Gasteiger partial charge in [0, 0.05) is 26.6 Å². The Morgan fingerprint density at radius 3 is 2.48 bits per heavy atom. The standard InChI is InChI=1S/C13H23N3O5/c1-8(2)5-15(7-11(14)17)13(20)16-6-9(21-3)4-10(16)12(18)19/h8-10H,4-7H2,1-3H3,(H2,14,17)(H,18,19). The Morgan fingerprint density at radius 1 is 1.43 bits per heavy atom. The van der Waals surface area contributed by atoms with Crippen LogP contribution in [-0.2, 0) is 14.3 Å². The van der Waals surface area contributed by atoms with Crippen molar-refractivity contribution in [3.63, 3.8) is 0 Å². The quantitative estimate of drug-likeness (QED) is 0.700. The van der Waals surface area contributed by atoms with Crippen LogP contribution in [0.1, 0.15) is 20.3 Å². The van der Waals surface area contributed by atoms with E-state index in [1.165, 1.54) is 16.9 Å². The van der Waals surface area contributed by atoms with Crippen LogP contribution in [0.3, 0.4) is 0 Å². The monoisotopic (exact) mass is 301 g/mol. The number of carbonyl (C=O) groups excluding carboxylic acids is 2. The van der Waals surface area contributed by atoms with Crippen molar-refractivity contribution in [1.29, 1.82) is 0 Å². The first-order chi connectivity index (χ1) is 9.76. The molecule has 0 spiro atoms. The highest BCUT2D eigenvalue weighted by Crippen LogP contribution is 2.22. The lowest BCUT2D eigenvalue weighted by Gasteiger charge is -2.30. The van der Waals surface area contributed by atoms with Crippen LogP contribution < -0.4 is 5.73 Å². The van der Waals surface area contributed by atoms with Gasteiger partial charge in [-0.25, -0.2) is 9.59 Å². The summed E-state index contributed by atoms with van der Waals surface area (Å²) in [6, 6.07) is -1.43. The summed E-state index contributed by atoms with van der Waals surface area (Å²) in [7, 11) is 1.48. The van der Waals surface area contributed by atoms with Crippen LogP contribution in [0, 0.1) is 5.92 Å². The fraction of sp³-hybridized carbons (Fsp3) is 0.769. The number of hydrogen-bond donors (Lipinski definition) is 2. The SMILES string of the molecule is COC1CC(C(=O)O)N(C(=O)N(CC(N)=O)CC(C)C)C1. The number of aliphatic carboxylic acids is 1. The molecule has 0 aromatic rings. The number of ether oxygens (including phenoxy) is 1. The summed E-state index contributed by atoms with van der Waals surface area (Å²) < 4.78 is 5.15. The van der Waals surface area contributed by atoms with Crippen LogP contribution >= 0.6 is 0 Å². The first-order valence-electron chi connectivity index (χ1n) is 6.85. The molecule has 8 heteroatoms. The van der Waals surface area contributed by atoms with Gasteiger partial charge < -0.3 is 25.4 Å². The van der Waals surface area contributed by atoms with E-state index in [0.717, 1.165) is 0 Å². The van der Waals surface area contributed by atoms with Gasteiger partial charge in [-0.05, 0) is 5.92 Å². The summed E-state index contributed by atoms with van der Waals surface area (Å²) in [6.07, 6.45) is -0.0755. The number of nitrogens with two attached hydrogens (primary N) is 1. The minimum atomic E-state index is -1.08. The van der Waals surface area contributed by atoms with Crippen molar-refractivity contribution in [2.24, 2.45) is 11.7 Å². The van der Waals surface area contributed by atoms with Crippen molar-refractivity contribution in [2.75, 3.05) is 26.7 Å². The molecule has 3 amide bonds. The second kappa shape index (κ2) is 7.26. The molecule has 0 aromatic heterocycles. The van der Waals surface area contributed by atoms with Gasteiger partial charge >= 0.3 is 12.0 Å². The average molecular weight is 301 g/mol. The van der Waals surface area contributed by atoms with E-state index in [-0.39, 0.29) is 31.5 Å². The van der Waals surface area contributed by atoms with Gasteiger partial charge in [-0.3, -0.25) is 4.79 Å². The molecule has 21 heavy (non-hydrogen) atoms. The van der Waals surface area contributed by atoms with Crippen molar-refractivity contribution >= 4 is 17.9 Å². The lowest BCUT2D eigenvalue weighted by Crippen LogP contribution is -2.51. The predicted molar refractivity (Wildman–Crippen MR) is 74.5 cm³/mol. The molecule has 120 valence electrons. The predicted octanol–water partition coefficient (Wildman–Crippen LogP) is -0.276. The van der Waals surface area contributed by atoms with E-state index < -0.39 is 23.9 Å². The Balaban J connectivity index is 2.89. The number of urea groups is 1. The normalized spacial score (nSPS) is 21.6. The Morgan fingerprint density at radius 2 is 2.05 bits per heavy atom. The van der Waals surface area contributed by atoms with Gasteiger partial charge in [0.2, 0.25) is 5.91 Å². The summed E-state index contributed by atoms with van der Waals surface area (Å²) in [5, 5.41) is 9.23. The molecule has 2 unspecified atom stereocenters. The molecular formula is C13H23N3O5. The van der Waals surface area contributed by atoms with Gasteiger partial charge in [-0.2, -0.15) is 0 Å². The molecule has 8 nitrogen and oxygen atoms in total. The Hall–Kier alpha value is -1.83. The van der Waals surface area contributed by atoms with Crippen LogP contribution in [0.15, 0.2) is 0 Å². The summed E-state index contributed by atoms with van der Waals surface area (Å²) in [4.78, 5) is 37.4. The molecule has 0 radical (unpaired) electrons. The number of methoxy groups -OCH3 is 1. The van der Waals surface area contributed by atoms with E-state index in [9.17, 15) is 19.5 Å². The number of nitrogens with zero attached hydrogens (tertiary/aromatic N) is 2. The molecule has 2 atom stereocenters. The van der Waals surface area contributed by atoms with E-state index in [1.807, 2.05) is 13.8 Å². The molecule has 0 saturated carbocycles. The molecule has 1 aliphatic rings. The van der Waals surface area contributed by atoms with Gasteiger partial charge in [0.15, 0.2) is 0 Å². The van der Waals surface area contributed by atoms with Crippen LogP contribution in [-0.4, -0.2) is 71.7 Å². The van der Waals surface area contributed by atoms with Gasteiger partial charge in [0.05, 0.1) is 6.10 Å². The van der Waals surface area contributed by atoms with Crippen LogP contribution in [0.2, 0.25) is 0 Å². The Kier molecular flexibility index (Phi) is 5.95. The third-order valence-electron chi connectivity index (χ3n) is 3.33. The number of primary amides is 1. The smallest absolute Gasteiger partial charge is 0.326 e. The fourth-order valence-electron chi connectivity index (χ4n) is 2.43.